The van der Waals surface area contributed by atoms with Gasteiger partial charge in [-0.3, -0.25) is 19.8 Å². The van der Waals surface area contributed by atoms with E-state index in [1.54, 1.807) is 54.6 Å². The van der Waals surface area contributed by atoms with Gasteiger partial charge in [0.05, 0.1) is 22.9 Å². The minimum Gasteiger partial charge on any atom is -0.463 e. The van der Waals surface area contributed by atoms with Gasteiger partial charge in [0.2, 0.25) is 5.96 Å². The Hall–Kier alpha value is -4.90. The highest BCUT2D eigenvalue weighted by molar-refractivity contribution is 9.10. The molecule has 2 amide bonds. The molecule has 2 atom stereocenters. The van der Waals surface area contributed by atoms with Gasteiger partial charge in [0.25, 0.3) is 5.91 Å². The molecule has 3 aromatic carbocycles. The third-order valence-corrected chi connectivity index (χ3v) is 10.5. The zero-order chi connectivity index (χ0) is 41.3. The molecule has 0 bridgehead atoms. The average Bonchev–Trinajstić information content (AvgIpc) is 3.68. The van der Waals surface area contributed by atoms with E-state index in [9.17, 15) is 31.5 Å². The minimum atomic E-state index is -4.65. The standard InChI is InChI=1S/C39H37BrClF5N6O5/c1-36(2,3)21-38(25-10-12-26(40)13-11-25)32(54)51(34(50-38)49-35(55)57-19-23-7-5-4-6-8-23)29(20-56-30(53)18-37(15-16-37)39(44,45)46)24-9-14-28(41)27(17-24)31-47-22-48-52(31)33(42)43/h4-14,17,22,29,33H,15-16,18-21H2,1-3H3,(H,49,50,55)/t29?,38-/m1/s1. The summed E-state index contributed by atoms with van der Waals surface area (Å²) >= 11 is 9.92. The maximum absolute atomic E-state index is 15.3. The molecule has 0 saturated heterocycles. The molecule has 1 N–H and O–H groups in total. The third-order valence-electron chi connectivity index (χ3n) is 9.66. The van der Waals surface area contributed by atoms with Crippen molar-refractivity contribution in [2.75, 3.05) is 6.61 Å². The van der Waals surface area contributed by atoms with E-state index in [0.29, 0.717) is 20.3 Å². The summed E-state index contributed by atoms with van der Waals surface area (Å²) in [6, 6.07) is 18.2. The lowest BCUT2D eigenvalue weighted by atomic mass is 9.75. The van der Waals surface area contributed by atoms with Crippen molar-refractivity contribution in [3.8, 4) is 11.4 Å². The number of carbonyl (C=O) groups excluding carboxylic acids is 3. The lowest BCUT2D eigenvalue weighted by Crippen LogP contribution is -2.49. The lowest BCUT2D eigenvalue weighted by Gasteiger charge is -2.35. The molecule has 4 aromatic rings. The number of hydrogen-bond acceptors (Lipinski definition) is 8. The van der Waals surface area contributed by atoms with Crippen LogP contribution >= 0.6 is 27.5 Å². The van der Waals surface area contributed by atoms with E-state index in [0.717, 1.165) is 11.2 Å². The van der Waals surface area contributed by atoms with Crippen LogP contribution in [0.1, 0.15) is 75.7 Å². The van der Waals surface area contributed by atoms with E-state index < -0.39 is 66.1 Å². The maximum Gasteiger partial charge on any atom is 0.414 e. The molecule has 57 heavy (non-hydrogen) atoms. The van der Waals surface area contributed by atoms with Crippen LogP contribution in [0.15, 0.2) is 88.6 Å². The lowest BCUT2D eigenvalue weighted by molar-refractivity contribution is -0.195. The Morgan fingerprint density at radius 1 is 1.00 bits per heavy atom. The number of aromatic nitrogens is 3. The van der Waals surface area contributed by atoms with Crippen molar-refractivity contribution in [2.24, 2.45) is 15.8 Å². The second-order valence-corrected chi connectivity index (χ2v) is 16.4. The van der Waals surface area contributed by atoms with E-state index >= 15 is 4.79 Å². The maximum atomic E-state index is 15.3. The van der Waals surface area contributed by atoms with Gasteiger partial charge in [-0.05, 0) is 65.6 Å². The number of guanidine groups is 1. The van der Waals surface area contributed by atoms with E-state index in [4.69, 9.17) is 26.1 Å². The van der Waals surface area contributed by atoms with E-state index in [1.165, 1.54) is 18.2 Å². The zero-order valence-corrected chi connectivity index (χ0v) is 33.2. The first-order valence-electron chi connectivity index (χ1n) is 17.7. The largest absolute Gasteiger partial charge is 0.463 e. The molecule has 11 nitrogen and oxygen atoms in total. The van der Waals surface area contributed by atoms with Crippen LogP contribution in [-0.4, -0.2) is 56.4 Å². The summed E-state index contributed by atoms with van der Waals surface area (Å²) in [6.07, 6.45) is -6.13. The SMILES string of the molecule is CC(C)(C)C[C@]1(c2ccc(Br)cc2)N=C(NC(=O)OCc2ccccc2)N(C(COC(=O)CC2(C(F)(F)F)CC2)c2ccc(Cl)c(-c3ncnn3C(F)F)c2)C1=O. The van der Waals surface area contributed by atoms with Gasteiger partial charge in [0.15, 0.2) is 11.4 Å². The predicted octanol–water partition coefficient (Wildman–Crippen LogP) is 9.53. The summed E-state index contributed by atoms with van der Waals surface area (Å²) < 4.78 is 81.6. The van der Waals surface area contributed by atoms with Gasteiger partial charge in [-0.2, -0.15) is 31.7 Å². The fourth-order valence-electron chi connectivity index (χ4n) is 6.74. The topological polar surface area (TPSA) is 128 Å². The normalized spacial score (nSPS) is 18.3. The Morgan fingerprint density at radius 3 is 2.30 bits per heavy atom. The van der Waals surface area contributed by atoms with Gasteiger partial charge >= 0.3 is 24.8 Å². The molecular formula is C39H37BrClF5N6O5. The van der Waals surface area contributed by atoms with Gasteiger partial charge in [-0.15, -0.1) is 0 Å². The number of hydrogen-bond donors (Lipinski definition) is 1. The molecule has 1 aromatic heterocycles. The van der Waals surface area contributed by atoms with Gasteiger partial charge in [0.1, 0.15) is 19.5 Å². The number of benzene rings is 3. The monoisotopic (exact) mass is 878 g/mol. The van der Waals surface area contributed by atoms with Crippen LogP contribution in [0.5, 0.6) is 0 Å². The smallest absolute Gasteiger partial charge is 0.414 e. The summed E-state index contributed by atoms with van der Waals surface area (Å²) in [5.74, 6) is -2.54. The molecule has 6 rings (SSSR count). The second-order valence-electron chi connectivity index (χ2n) is 15.1. The van der Waals surface area contributed by atoms with Crippen molar-refractivity contribution in [3.63, 3.8) is 0 Å². The Labute approximate surface area is 337 Å². The molecule has 1 unspecified atom stereocenters. The highest BCUT2D eigenvalue weighted by Gasteiger charge is 2.64. The number of alkyl carbamates (subject to hydrolysis) is 1. The molecule has 2 heterocycles. The number of nitrogens with zero attached hydrogens (tertiary/aromatic N) is 5. The molecule has 0 spiro atoms. The molecule has 18 heteroatoms. The van der Waals surface area contributed by atoms with Crippen LogP contribution < -0.4 is 5.32 Å². The molecule has 302 valence electrons. The first kappa shape index (κ1) is 41.7. The summed E-state index contributed by atoms with van der Waals surface area (Å²) in [5.41, 5.74) is -3.35. The fourth-order valence-corrected chi connectivity index (χ4v) is 7.21. The van der Waals surface area contributed by atoms with E-state index in [-0.39, 0.29) is 53.8 Å². The first-order chi connectivity index (χ1) is 26.8. The second kappa shape index (κ2) is 16.2. The van der Waals surface area contributed by atoms with Crippen molar-refractivity contribution in [2.45, 2.75) is 77.4 Å². The number of alkyl halides is 5. The molecule has 1 aliphatic heterocycles. The number of ether oxygens (including phenoxy) is 2. The Balaban J connectivity index is 1.47. The van der Waals surface area contributed by atoms with Crippen molar-refractivity contribution in [1.29, 1.82) is 0 Å². The molecule has 1 fully saturated rings. The van der Waals surface area contributed by atoms with Gasteiger partial charge in [0, 0.05) is 10.0 Å². The third kappa shape index (κ3) is 9.14. The minimum absolute atomic E-state index is 0.0357. The summed E-state index contributed by atoms with van der Waals surface area (Å²) in [6.45, 7) is 1.65. The molecule has 0 radical (unpaired) electrons. The van der Waals surface area contributed by atoms with Crippen LogP contribution in [-0.2, 0) is 31.2 Å². The number of rotatable bonds is 12. The fraction of sp³-hybridized carbons (Fsp3) is 0.385. The van der Waals surface area contributed by atoms with Gasteiger partial charge in [-0.1, -0.05) is 96.8 Å². The van der Waals surface area contributed by atoms with E-state index in [2.05, 4.69) is 31.3 Å². The number of aliphatic imine (C=N–C) groups is 1. The highest BCUT2D eigenvalue weighted by Crippen LogP contribution is 2.60. The molecule has 2 aliphatic rings. The summed E-state index contributed by atoms with van der Waals surface area (Å²) in [4.78, 5) is 51.9. The van der Waals surface area contributed by atoms with Crippen LogP contribution in [0.4, 0.5) is 26.7 Å². The van der Waals surface area contributed by atoms with Crippen LogP contribution in [0.3, 0.4) is 0 Å². The van der Waals surface area contributed by atoms with Gasteiger partial charge in [-0.25, -0.2) is 14.8 Å². The summed E-state index contributed by atoms with van der Waals surface area (Å²) in [5, 5.41) is 6.12. The van der Waals surface area contributed by atoms with Gasteiger partial charge < -0.3 is 9.47 Å². The number of esters is 1. The zero-order valence-electron chi connectivity index (χ0n) is 30.8. The van der Waals surface area contributed by atoms with Crippen molar-refractivity contribution < 1.29 is 45.8 Å². The number of halogens is 7. The predicted molar refractivity (Wildman–Crippen MR) is 202 cm³/mol. The Kier molecular flexibility index (Phi) is 11.8. The molecule has 1 saturated carbocycles. The van der Waals surface area contributed by atoms with Crippen LogP contribution in [0, 0.1) is 10.8 Å². The molecule has 1 aliphatic carbocycles. The number of carbonyl (C=O) groups is 3. The van der Waals surface area contributed by atoms with Crippen molar-refractivity contribution in [1.82, 2.24) is 25.0 Å². The Morgan fingerprint density at radius 2 is 1.68 bits per heavy atom. The van der Waals surface area contributed by atoms with Crippen LogP contribution in [0.2, 0.25) is 5.02 Å². The average molecular weight is 880 g/mol. The molecular weight excluding hydrogens is 843 g/mol. The number of amides is 2. The number of nitrogens with one attached hydrogen (secondary N) is 1. The summed E-state index contributed by atoms with van der Waals surface area (Å²) in [7, 11) is 0. The first-order valence-corrected chi connectivity index (χ1v) is 18.9. The Bertz CT molecular complexity index is 2160. The highest BCUT2D eigenvalue weighted by atomic mass is 79.9. The van der Waals surface area contributed by atoms with Crippen molar-refractivity contribution >= 4 is 51.5 Å². The van der Waals surface area contributed by atoms with Crippen LogP contribution in [0.25, 0.3) is 11.4 Å². The van der Waals surface area contributed by atoms with Crippen molar-refractivity contribution in [3.05, 3.63) is 105 Å². The quantitative estimate of drug-likeness (QED) is 0.111. The van der Waals surface area contributed by atoms with E-state index in [1.807, 2.05) is 20.8 Å².